The van der Waals surface area contributed by atoms with E-state index in [-0.39, 0.29) is 6.29 Å². The van der Waals surface area contributed by atoms with Crippen molar-refractivity contribution in [2.24, 2.45) is 0 Å². The Hall–Kier alpha value is -1.65. The lowest BCUT2D eigenvalue weighted by atomic mass is 10.2. The van der Waals surface area contributed by atoms with Crippen LogP contribution >= 0.6 is 0 Å². The summed E-state index contributed by atoms with van der Waals surface area (Å²) < 4.78 is 10.3. The summed E-state index contributed by atoms with van der Waals surface area (Å²) in [5.74, 6) is 0. The van der Waals surface area contributed by atoms with Gasteiger partial charge in [0.15, 0.2) is 6.29 Å². The minimum Gasteiger partial charge on any atom is -0.379 e. The van der Waals surface area contributed by atoms with Gasteiger partial charge in [0.2, 0.25) is 0 Å². The highest BCUT2D eigenvalue weighted by Gasteiger charge is 2.06. The minimum atomic E-state index is -0.248. The molecule has 0 amide bonds. The fourth-order valence-corrected chi connectivity index (χ4v) is 1.71. The Morgan fingerprint density at radius 1 is 1.18 bits per heavy atom. The molecule has 0 saturated carbocycles. The molecule has 0 aliphatic carbocycles. The average Bonchev–Trinajstić information content (AvgIpc) is 2.40. The maximum absolute atomic E-state index is 5.13. The van der Waals surface area contributed by atoms with Gasteiger partial charge in [-0.1, -0.05) is 18.2 Å². The quantitative estimate of drug-likeness (QED) is 0.803. The summed E-state index contributed by atoms with van der Waals surface area (Å²) in [6, 6.07) is 9.96. The molecule has 4 nitrogen and oxygen atoms in total. The van der Waals surface area contributed by atoms with Gasteiger partial charge in [-0.05, 0) is 12.1 Å². The van der Waals surface area contributed by atoms with E-state index in [1.54, 1.807) is 20.4 Å². The van der Waals surface area contributed by atoms with E-state index in [9.17, 15) is 0 Å². The van der Waals surface area contributed by atoms with Crippen LogP contribution < -0.4 is 5.32 Å². The normalized spacial score (nSPS) is 11.0. The van der Waals surface area contributed by atoms with Crippen LogP contribution in [0.3, 0.4) is 0 Å². The highest BCUT2D eigenvalue weighted by molar-refractivity contribution is 5.90. The van der Waals surface area contributed by atoms with Crippen LogP contribution in [0.4, 0.5) is 5.69 Å². The van der Waals surface area contributed by atoms with Crippen molar-refractivity contribution in [3.8, 4) is 0 Å². The van der Waals surface area contributed by atoms with Crippen LogP contribution in [0.2, 0.25) is 0 Å². The number of nitrogens with zero attached hydrogens (tertiary/aromatic N) is 1. The smallest absolute Gasteiger partial charge is 0.173 e. The number of pyridine rings is 1. The highest BCUT2D eigenvalue weighted by atomic mass is 16.7. The lowest BCUT2D eigenvalue weighted by Crippen LogP contribution is -2.23. The Balaban J connectivity index is 2.18. The molecule has 2 rings (SSSR count). The molecule has 0 saturated heterocycles. The van der Waals surface area contributed by atoms with E-state index in [4.69, 9.17) is 9.47 Å². The fraction of sp³-hybridized carbons (Fsp3) is 0.308. The third kappa shape index (κ3) is 2.72. The molecule has 1 heterocycles. The molecule has 0 unspecified atom stereocenters. The predicted molar refractivity (Wildman–Crippen MR) is 68.0 cm³/mol. The molecule has 1 aromatic heterocycles. The monoisotopic (exact) mass is 232 g/mol. The summed E-state index contributed by atoms with van der Waals surface area (Å²) in [6.45, 7) is 0.598. The first-order valence-corrected chi connectivity index (χ1v) is 5.48. The summed E-state index contributed by atoms with van der Waals surface area (Å²) in [5, 5.41) is 4.40. The van der Waals surface area contributed by atoms with Crippen LogP contribution in [0.5, 0.6) is 0 Å². The maximum Gasteiger partial charge on any atom is 0.173 e. The van der Waals surface area contributed by atoms with E-state index in [0.717, 1.165) is 16.6 Å². The molecule has 1 aromatic carbocycles. The zero-order valence-electron chi connectivity index (χ0n) is 10.0. The molecule has 17 heavy (non-hydrogen) atoms. The summed E-state index contributed by atoms with van der Waals surface area (Å²) in [5.41, 5.74) is 2.01. The first kappa shape index (κ1) is 11.8. The highest BCUT2D eigenvalue weighted by Crippen LogP contribution is 2.20. The van der Waals surface area contributed by atoms with Crippen molar-refractivity contribution in [2.75, 3.05) is 26.1 Å². The third-order valence-electron chi connectivity index (χ3n) is 2.63. The van der Waals surface area contributed by atoms with Gasteiger partial charge in [0, 0.05) is 31.5 Å². The number of anilines is 1. The van der Waals surface area contributed by atoms with E-state index in [1.807, 2.05) is 30.3 Å². The zero-order chi connectivity index (χ0) is 12.1. The van der Waals surface area contributed by atoms with Crippen LogP contribution in [0.15, 0.2) is 36.5 Å². The molecule has 0 radical (unpaired) electrons. The number of methoxy groups -OCH3 is 2. The molecule has 0 aliphatic rings. The SMILES string of the molecule is COC(CNc1ccnc2ccccc12)OC. The molecular weight excluding hydrogens is 216 g/mol. The second-order valence-corrected chi connectivity index (χ2v) is 3.66. The predicted octanol–water partition coefficient (Wildman–Crippen LogP) is 2.27. The summed E-state index contributed by atoms with van der Waals surface area (Å²) >= 11 is 0. The Labute approximate surface area is 101 Å². The molecule has 0 atom stereocenters. The van der Waals surface area contributed by atoms with E-state index in [0.29, 0.717) is 6.54 Å². The largest absolute Gasteiger partial charge is 0.379 e. The Bertz CT molecular complexity index is 478. The maximum atomic E-state index is 5.13. The van der Waals surface area contributed by atoms with Crippen molar-refractivity contribution in [3.05, 3.63) is 36.5 Å². The fourth-order valence-electron chi connectivity index (χ4n) is 1.71. The number of benzene rings is 1. The Morgan fingerprint density at radius 3 is 2.71 bits per heavy atom. The van der Waals surface area contributed by atoms with E-state index in [1.165, 1.54) is 0 Å². The molecule has 4 heteroatoms. The molecule has 0 bridgehead atoms. The van der Waals surface area contributed by atoms with E-state index in [2.05, 4.69) is 10.3 Å². The standard InChI is InChI=1S/C13H16N2O2/c1-16-13(17-2)9-15-12-7-8-14-11-6-4-3-5-10(11)12/h3-8,13H,9H2,1-2H3,(H,14,15). The number of rotatable bonds is 5. The zero-order valence-corrected chi connectivity index (χ0v) is 10.0. The second-order valence-electron chi connectivity index (χ2n) is 3.66. The van der Waals surface area contributed by atoms with E-state index >= 15 is 0 Å². The van der Waals surface area contributed by atoms with Gasteiger partial charge in [-0.2, -0.15) is 0 Å². The van der Waals surface area contributed by atoms with Crippen LogP contribution in [-0.4, -0.2) is 32.0 Å². The van der Waals surface area contributed by atoms with Crippen molar-refractivity contribution < 1.29 is 9.47 Å². The summed E-state index contributed by atoms with van der Waals surface area (Å²) in [7, 11) is 3.25. The van der Waals surface area contributed by atoms with Gasteiger partial charge < -0.3 is 14.8 Å². The number of fused-ring (bicyclic) bond motifs is 1. The van der Waals surface area contributed by atoms with Gasteiger partial charge in [-0.3, -0.25) is 4.98 Å². The topological polar surface area (TPSA) is 43.4 Å². The van der Waals surface area contributed by atoms with Crippen molar-refractivity contribution >= 4 is 16.6 Å². The number of hydrogen-bond donors (Lipinski definition) is 1. The third-order valence-corrected chi connectivity index (χ3v) is 2.63. The van der Waals surface area contributed by atoms with Gasteiger partial charge in [0.25, 0.3) is 0 Å². The molecular formula is C13H16N2O2. The van der Waals surface area contributed by atoms with Gasteiger partial charge in [0.1, 0.15) is 0 Å². The number of ether oxygens (including phenoxy) is 2. The first-order valence-electron chi connectivity index (χ1n) is 5.48. The summed E-state index contributed by atoms with van der Waals surface area (Å²) in [4.78, 5) is 4.31. The number of para-hydroxylation sites is 1. The number of aromatic nitrogens is 1. The van der Waals surface area contributed by atoms with Crippen molar-refractivity contribution in [1.29, 1.82) is 0 Å². The Kier molecular flexibility index (Phi) is 3.90. The Morgan fingerprint density at radius 2 is 1.94 bits per heavy atom. The lowest BCUT2D eigenvalue weighted by molar-refractivity contribution is -0.0913. The van der Waals surface area contributed by atoms with Crippen LogP contribution in [0, 0.1) is 0 Å². The van der Waals surface area contributed by atoms with E-state index < -0.39 is 0 Å². The number of hydrogen-bond acceptors (Lipinski definition) is 4. The molecule has 90 valence electrons. The van der Waals surface area contributed by atoms with Crippen molar-refractivity contribution in [2.45, 2.75) is 6.29 Å². The minimum absolute atomic E-state index is 0.248. The average molecular weight is 232 g/mol. The van der Waals surface area contributed by atoms with Gasteiger partial charge in [0.05, 0.1) is 12.1 Å². The van der Waals surface area contributed by atoms with Crippen molar-refractivity contribution in [3.63, 3.8) is 0 Å². The van der Waals surface area contributed by atoms with Crippen molar-refractivity contribution in [1.82, 2.24) is 4.98 Å². The van der Waals surface area contributed by atoms with Gasteiger partial charge in [-0.25, -0.2) is 0 Å². The molecule has 0 fully saturated rings. The molecule has 2 aromatic rings. The van der Waals surface area contributed by atoms with Crippen LogP contribution in [0.1, 0.15) is 0 Å². The van der Waals surface area contributed by atoms with Gasteiger partial charge >= 0.3 is 0 Å². The number of nitrogens with one attached hydrogen (secondary N) is 1. The second kappa shape index (κ2) is 5.61. The lowest BCUT2D eigenvalue weighted by Gasteiger charge is -2.15. The van der Waals surface area contributed by atoms with Crippen LogP contribution in [-0.2, 0) is 9.47 Å². The molecule has 1 N–H and O–H groups in total. The molecule has 0 spiro atoms. The van der Waals surface area contributed by atoms with Gasteiger partial charge in [-0.15, -0.1) is 0 Å². The summed E-state index contributed by atoms with van der Waals surface area (Å²) in [6.07, 6.45) is 1.54. The first-order chi connectivity index (χ1) is 8.35. The molecule has 0 aliphatic heterocycles. The van der Waals surface area contributed by atoms with Crippen LogP contribution in [0.25, 0.3) is 10.9 Å².